The summed E-state index contributed by atoms with van der Waals surface area (Å²) in [7, 11) is 0. The van der Waals surface area contributed by atoms with Crippen LogP contribution in [0, 0.1) is 17.1 Å². The summed E-state index contributed by atoms with van der Waals surface area (Å²) in [4.78, 5) is 5.19. The minimum Gasteiger partial charge on any atom is -0.427 e. The normalized spacial score (nSPS) is 11.6. The number of hydrogen-bond donors (Lipinski definition) is 0. The van der Waals surface area contributed by atoms with Crippen LogP contribution in [0.3, 0.4) is 0 Å². The highest BCUT2D eigenvalue weighted by Gasteiger charge is 2.20. The molecule has 0 fully saturated rings. The molecule has 1 aromatic carbocycles. The van der Waals surface area contributed by atoms with Gasteiger partial charge in [0, 0.05) is 5.41 Å². The lowest BCUT2D eigenvalue weighted by atomic mass is 9.93. The zero-order valence-electron chi connectivity index (χ0n) is 12.3. The van der Waals surface area contributed by atoms with Crippen LogP contribution < -0.4 is 4.74 Å². The average molecular weight is 316 g/mol. The summed E-state index contributed by atoms with van der Waals surface area (Å²) in [6.45, 7) is 6.22. The number of fused-ring (bicyclic) bond motifs is 1. The number of aromatic nitrogens is 3. The van der Waals surface area contributed by atoms with E-state index in [-0.39, 0.29) is 16.7 Å². The Kier molecular flexibility index (Phi) is 3.34. The monoisotopic (exact) mass is 316 g/mol. The lowest BCUT2D eigenvalue weighted by Crippen LogP contribution is -2.11. The van der Waals surface area contributed by atoms with Crippen LogP contribution in [0.4, 0.5) is 4.39 Å². The highest BCUT2D eigenvalue weighted by Crippen LogP contribution is 2.30. The summed E-state index contributed by atoms with van der Waals surface area (Å²) in [6.07, 6.45) is 1.84. The molecule has 2 aromatic heterocycles. The van der Waals surface area contributed by atoms with E-state index in [2.05, 4.69) is 30.9 Å². The lowest BCUT2D eigenvalue weighted by Gasteiger charge is -2.13. The molecule has 22 heavy (non-hydrogen) atoms. The molecular weight excluding hydrogens is 303 g/mol. The minimum atomic E-state index is -0.595. The maximum atomic E-state index is 13.8. The molecule has 0 N–H and O–H groups in total. The van der Waals surface area contributed by atoms with Gasteiger partial charge in [0.15, 0.2) is 11.6 Å². The van der Waals surface area contributed by atoms with Crippen molar-refractivity contribution in [1.82, 2.24) is 14.6 Å². The Morgan fingerprint density at radius 2 is 2.14 bits per heavy atom. The predicted octanol–water partition coefficient (Wildman–Crippen LogP) is 3.89. The van der Waals surface area contributed by atoms with Gasteiger partial charge in [-0.15, -0.1) is 5.10 Å². The second kappa shape index (κ2) is 5.07. The van der Waals surface area contributed by atoms with E-state index in [1.807, 2.05) is 12.3 Å². The number of benzene rings is 1. The fraction of sp³-hybridized carbons (Fsp3) is 0.267. The van der Waals surface area contributed by atoms with Gasteiger partial charge in [0.25, 0.3) is 5.19 Å². The number of nitriles is 1. The van der Waals surface area contributed by atoms with Crippen molar-refractivity contribution in [3.63, 3.8) is 0 Å². The third-order valence-electron chi connectivity index (χ3n) is 3.05. The summed E-state index contributed by atoms with van der Waals surface area (Å²) in [5.74, 6) is -0.561. The van der Waals surface area contributed by atoms with Gasteiger partial charge >= 0.3 is 0 Å². The van der Waals surface area contributed by atoms with Crippen molar-refractivity contribution in [2.45, 2.75) is 26.2 Å². The van der Waals surface area contributed by atoms with E-state index >= 15 is 0 Å². The van der Waals surface area contributed by atoms with E-state index in [4.69, 9.17) is 10.00 Å². The minimum absolute atomic E-state index is 0.0343. The van der Waals surface area contributed by atoms with Gasteiger partial charge in [-0.2, -0.15) is 5.26 Å². The molecule has 0 saturated heterocycles. The van der Waals surface area contributed by atoms with Crippen molar-refractivity contribution in [2.24, 2.45) is 0 Å². The molecule has 0 aliphatic carbocycles. The fourth-order valence-corrected chi connectivity index (χ4v) is 2.58. The number of nitrogens with zero attached hydrogens (tertiary/aromatic N) is 4. The van der Waals surface area contributed by atoms with E-state index in [0.717, 1.165) is 11.8 Å². The first-order valence-electron chi connectivity index (χ1n) is 6.61. The molecule has 2 heterocycles. The summed E-state index contributed by atoms with van der Waals surface area (Å²) < 4.78 is 20.9. The Balaban J connectivity index is 1.89. The number of hydrogen-bond acceptors (Lipinski definition) is 5. The van der Waals surface area contributed by atoms with E-state index in [1.165, 1.54) is 23.5 Å². The van der Waals surface area contributed by atoms with Crippen LogP contribution in [0.15, 0.2) is 24.4 Å². The van der Waals surface area contributed by atoms with Crippen LogP contribution in [0.5, 0.6) is 10.9 Å². The molecule has 0 amide bonds. The van der Waals surface area contributed by atoms with Crippen LogP contribution in [0.2, 0.25) is 0 Å². The van der Waals surface area contributed by atoms with Crippen molar-refractivity contribution in [2.75, 3.05) is 0 Å². The average Bonchev–Trinajstić information content (AvgIpc) is 2.98. The van der Waals surface area contributed by atoms with Gasteiger partial charge < -0.3 is 4.74 Å². The fourth-order valence-electron chi connectivity index (χ4n) is 1.83. The Morgan fingerprint density at radius 1 is 1.36 bits per heavy atom. The van der Waals surface area contributed by atoms with Crippen molar-refractivity contribution in [3.05, 3.63) is 41.5 Å². The molecule has 7 heteroatoms. The van der Waals surface area contributed by atoms with Crippen molar-refractivity contribution >= 4 is 16.3 Å². The molecule has 0 saturated carbocycles. The zero-order chi connectivity index (χ0) is 15.9. The smallest absolute Gasteiger partial charge is 0.299 e. The van der Waals surface area contributed by atoms with Gasteiger partial charge in [-0.3, -0.25) is 0 Å². The maximum absolute atomic E-state index is 13.8. The molecule has 0 aliphatic rings. The van der Waals surface area contributed by atoms with Crippen LogP contribution in [0.25, 0.3) is 4.96 Å². The molecule has 0 spiro atoms. The molecular formula is C15H13FN4OS. The van der Waals surface area contributed by atoms with Crippen LogP contribution in [-0.4, -0.2) is 14.6 Å². The number of rotatable bonds is 2. The highest BCUT2D eigenvalue weighted by atomic mass is 32.1. The first kappa shape index (κ1) is 14.5. The molecule has 5 nitrogen and oxygen atoms in total. The van der Waals surface area contributed by atoms with Gasteiger partial charge in [0.1, 0.15) is 0 Å². The van der Waals surface area contributed by atoms with Gasteiger partial charge in [-0.1, -0.05) is 20.8 Å². The first-order chi connectivity index (χ1) is 10.4. The molecule has 0 unspecified atom stereocenters. The van der Waals surface area contributed by atoms with E-state index in [1.54, 1.807) is 4.52 Å². The summed E-state index contributed by atoms with van der Waals surface area (Å²) in [6, 6.07) is 5.91. The summed E-state index contributed by atoms with van der Waals surface area (Å²) in [5, 5.41) is 13.3. The molecule has 0 aliphatic heterocycles. The summed E-state index contributed by atoms with van der Waals surface area (Å²) >= 11 is 1.23. The van der Waals surface area contributed by atoms with Gasteiger partial charge in [0.2, 0.25) is 4.96 Å². The lowest BCUT2D eigenvalue weighted by molar-refractivity contribution is 0.433. The van der Waals surface area contributed by atoms with Gasteiger partial charge in [0.05, 0.1) is 23.5 Å². The molecule has 3 aromatic rings. The quantitative estimate of drug-likeness (QED) is 0.719. The van der Waals surface area contributed by atoms with Crippen molar-refractivity contribution in [3.8, 4) is 17.0 Å². The molecule has 0 radical (unpaired) electrons. The van der Waals surface area contributed by atoms with Crippen molar-refractivity contribution in [1.29, 1.82) is 5.26 Å². The molecule has 0 bridgehead atoms. The van der Waals surface area contributed by atoms with E-state index in [0.29, 0.717) is 10.2 Å². The third kappa shape index (κ3) is 2.65. The number of imidazole rings is 1. The third-order valence-corrected chi connectivity index (χ3v) is 3.85. The topological polar surface area (TPSA) is 63.2 Å². The second-order valence-corrected chi connectivity index (χ2v) is 6.75. The number of ether oxygens (including phenoxy) is 1. The Labute approximate surface area is 130 Å². The van der Waals surface area contributed by atoms with E-state index < -0.39 is 5.82 Å². The van der Waals surface area contributed by atoms with Crippen molar-refractivity contribution < 1.29 is 9.13 Å². The molecule has 112 valence electrons. The Bertz CT molecular complexity index is 854. The van der Waals surface area contributed by atoms with Gasteiger partial charge in [-0.25, -0.2) is 13.9 Å². The SMILES string of the molecule is CC(C)(C)c1cn2nc(Oc3ccc(C#N)cc3F)sc2n1. The zero-order valence-corrected chi connectivity index (χ0v) is 13.1. The second-order valence-electron chi connectivity index (χ2n) is 5.83. The van der Waals surface area contributed by atoms with E-state index in [9.17, 15) is 4.39 Å². The van der Waals surface area contributed by atoms with Crippen LogP contribution in [0.1, 0.15) is 32.0 Å². The highest BCUT2D eigenvalue weighted by molar-refractivity contribution is 7.18. The Hall–Kier alpha value is -2.46. The van der Waals surface area contributed by atoms with Gasteiger partial charge in [-0.05, 0) is 29.5 Å². The standard InChI is InChI=1S/C15H13FN4OS/c1-15(2,3)12-8-20-13(18-12)22-14(19-20)21-11-5-4-9(7-17)6-10(11)16/h4-6,8H,1-3H3. The maximum Gasteiger partial charge on any atom is 0.299 e. The Morgan fingerprint density at radius 3 is 2.73 bits per heavy atom. The molecule has 3 rings (SSSR count). The number of halogens is 1. The predicted molar refractivity (Wildman–Crippen MR) is 80.8 cm³/mol. The summed E-state index contributed by atoms with van der Waals surface area (Å²) in [5.41, 5.74) is 1.11. The molecule has 0 atom stereocenters. The largest absolute Gasteiger partial charge is 0.427 e. The van der Waals surface area contributed by atoms with Crippen LogP contribution >= 0.6 is 11.3 Å². The van der Waals surface area contributed by atoms with Crippen LogP contribution in [-0.2, 0) is 5.41 Å². The first-order valence-corrected chi connectivity index (χ1v) is 7.42.